The molecular formula is C28H32ClN3O4. The average Bonchev–Trinajstić information content (AvgIpc) is 3.27. The summed E-state index contributed by atoms with van der Waals surface area (Å²) in [6, 6.07) is 12.5. The van der Waals surface area contributed by atoms with Crippen LogP contribution in [0.25, 0.3) is 6.08 Å². The summed E-state index contributed by atoms with van der Waals surface area (Å²) in [4.78, 5) is 41.2. The molecule has 0 radical (unpaired) electrons. The Morgan fingerprint density at radius 3 is 2.33 bits per heavy atom. The second-order valence-electron chi connectivity index (χ2n) is 9.51. The van der Waals surface area contributed by atoms with Gasteiger partial charge in [-0.2, -0.15) is 0 Å². The molecule has 0 aromatic heterocycles. The molecular weight excluding hydrogens is 478 g/mol. The quantitative estimate of drug-likeness (QED) is 0.564. The number of halogens is 1. The van der Waals surface area contributed by atoms with E-state index in [9.17, 15) is 14.4 Å². The van der Waals surface area contributed by atoms with E-state index in [1.54, 1.807) is 30.4 Å². The van der Waals surface area contributed by atoms with Gasteiger partial charge in [0.25, 0.3) is 5.91 Å². The number of likely N-dealkylation sites (tertiary alicyclic amines) is 2. The molecule has 8 heteroatoms. The minimum atomic E-state index is -0.202. The van der Waals surface area contributed by atoms with Gasteiger partial charge in [-0.15, -0.1) is 0 Å². The summed E-state index contributed by atoms with van der Waals surface area (Å²) in [5.41, 5.74) is 2.02. The summed E-state index contributed by atoms with van der Waals surface area (Å²) in [7, 11) is 0. The van der Waals surface area contributed by atoms with Crippen LogP contribution < -0.4 is 10.1 Å². The molecule has 0 unspecified atom stereocenters. The molecule has 0 bridgehead atoms. The van der Waals surface area contributed by atoms with Gasteiger partial charge in [-0.3, -0.25) is 14.4 Å². The normalized spacial score (nSPS) is 17.0. The van der Waals surface area contributed by atoms with E-state index in [0.29, 0.717) is 49.1 Å². The molecule has 0 aliphatic carbocycles. The minimum Gasteiger partial charge on any atom is -0.494 e. The van der Waals surface area contributed by atoms with Crippen molar-refractivity contribution >= 4 is 41.1 Å². The number of amides is 3. The van der Waals surface area contributed by atoms with Crippen molar-refractivity contribution in [2.45, 2.75) is 33.1 Å². The van der Waals surface area contributed by atoms with Crippen LogP contribution >= 0.6 is 11.6 Å². The van der Waals surface area contributed by atoms with Gasteiger partial charge in [0.15, 0.2) is 0 Å². The molecule has 4 rings (SSSR count). The number of rotatable bonds is 6. The predicted molar refractivity (Wildman–Crippen MR) is 141 cm³/mol. The first-order chi connectivity index (χ1) is 17.3. The lowest BCUT2D eigenvalue weighted by molar-refractivity contribution is -0.125. The van der Waals surface area contributed by atoms with Crippen molar-refractivity contribution in [1.29, 1.82) is 0 Å². The molecule has 1 N–H and O–H groups in total. The molecule has 2 saturated heterocycles. The van der Waals surface area contributed by atoms with E-state index in [0.717, 1.165) is 30.6 Å². The molecule has 2 fully saturated rings. The second-order valence-corrected chi connectivity index (χ2v) is 9.94. The molecule has 2 aliphatic rings. The predicted octanol–water partition coefficient (Wildman–Crippen LogP) is 4.87. The molecule has 190 valence electrons. The first kappa shape index (κ1) is 25.8. The highest BCUT2D eigenvalue weighted by Crippen LogP contribution is 2.40. The minimum absolute atomic E-state index is 0.0414. The first-order valence-corrected chi connectivity index (χ1v) is 12.7. The van der Waals surface area contributed by atoms with Gasteiger partial charge in [0, 0.05) is 55.5 Å². The number of nitrogens with zero attached hydrogens (tertiary/aromatic N) is 2. The third-order valence-corrected chi connectivity index (χ3v) is 7.24. The molecule has 0 saturated carbocycles. The molecule has 3 amide bonds. The number of benzene rings is 2. The van der Waals surface area contributed by atoms with E-state index < -0.39 is 0 Å². The highest BCUT2D eigenvalue weighted by molar-refractivity contribution is 6.31. The monoisotopic (exact) mass is 509 g/mol. The molecule has 2 aromatic carbocycles. The van der Waals surface area contributed by atoms with E-state index in [1.807, 2.05) is 41.0 Å². The summed E-state index contributed by atoms with van der Waals surface area (Å²) in [5.74, 6) is 0.550. The van der Waals surface area contributed by atoms with Crippen molar-refractivity contribution in [3.05, 3.63) is 64.7 Å². The number of hydrogen-bond donors (Lipinski definition) is 1. The molecule has 0 atom stereocenters. The molecule has 2 aliphatic heterocycles. The third kappa shape index (κ3) is 6.08. The van der Waals surface area contributed by atoms with E-state index in [4.69, 9.17) is 16.3 Å². The summed E-state index contributed by atoms with van der Waals surface area (Å²) in [6.45, 7) is 6.73. The van der Waals surface area contributed by atoms with Gasteiger partial charge in [0.2, 0.25) is 11.8 Å². The van der Waals surface area contributed by atoms with Gasteiger partial charge in [0.05, 0.1) is 6.61 Å². The maximum Gasteiger partial charge on any atom is 0.253 e. The lowest BCUT2D eigenvalue weighted by Crippen LogP contribution is -2.44. The second kappa shape index (κ2) is 11.2. The Kier molecular flexibility index (Phi) is 7.99. The van der Waals surface area contributed by atoms with Gasteiger partial charge in [-0.25, -0.2) is 0 Å². The van der Waals surface area contributed by atoms with Crippen molar-refractivity contribution in [3.63, 3.8) is 0 Å². The Morgan fingerprint density at radius 2 is 1.69 bits per heavy atom. The Morgan fingerprint density at radius 1 is 1.03 bits per heavy atom. The maximum absolute atomic E-state index is 13.0. The van der Waals surface area contributed by atoms with Crippen LogP contribution in [0.1, 0.15) is 49.0 Å². The number of hydrogen-bond acceptors (Lipinski definition) is 4. The SMILES string of the molecule is CCOc1ccc(C(=O)N2CCC3(CCN(C(=O)C=Cc4ccc(Cl)cc4NC(C)=O)C3)CC2)cc1. The number of piperidine rings is 1. The van der Waals surface area contributed by atoms with Gasteiger partial charge in [0.1, 0.15) is 5.75 Å². The van der Waals surface area contributed by atoms with Crippen molar-refractivity contribution in [2.75, 3.05) is 38.1 Å². The van der Waals surface area contributed by atoms with Gasteiger partial charge >= 0.3 is 0 Å². The lowest BCUT2D eigenvalue weighted by Gasteiger charge is -2.39. The first-order valence-electron chi connectivity index (χ1n) is 12.3. The maximum atomic E-state index is 13.0. The summed E-state index contributed by atoms with van der Waals surface area (Å²) in [5, 5.41) is 3.26. The van der Waals surface area contributed by atoms with Crippen LogP contribution in [0.5, 0.6) is 5.75 Å². The van der Waals surface area contributed by atoms with Crippen molar-refractivity contribution in [1.82, 2.24) is 9.80 Å². The van der Waals surface area contributed by atoms with Crippen LogP contribution in [-0.4, -0.2) is 60.3 Å². The van der Waals surface area contributed by atoms with E-state index in [1.165, 1.54) is 6.92 Å². The number of ether oxygens (including phenoxy) is 1. The number of carbonyl (C=O) groups excluding carboxylic acids is 3. The van der Waals surface area contributed by atoms with Gasteiger partial charge in [-0.05, 0) is 79.6 Å². The molecule has 2 heterocycles. The average molecular weight is 510 g/mol. The lowest BCUT2D eigenvalue weighted by atomic mass is 9.77. The van der Waals surface area contributed by atoms with Crippen molar-refractivity contribution < 1.29 is 19.1 Å². The Hall–Kier alpha value is -3.32. The highest BCUT2D eigenvalue weighted by atomic mass is 35.5. The fourth-order valence-corrected chi connectivity index (χ4v) is 5.17. The Balaban J connectivity index is 1.33. The van der Waals surface area contributed by atoms with Gasteiger partial charge in [-0.1, -0.05) is 17.7 Å². The van der Waals surface area contributed by atoms with Crippen LogP contribution in [0, 0.1) is 5.41 Å². The smallest absolute Gasteiger partial charge is 0.253 e. The van der Waals surface area contributed by atoms with E-state index in [-0.39, 0.29) is 23.1 Å². The molecule has 36 heavy (non-hydrogen) atoms. The number of anilines is 1. The summed E-state index contributed by atoms with van der Waals surface area (Å²) >= 11 is 6.05. The molecule has 7 nitrogen and oxygen atoms in total. The Labute approximate surface area is 217 Å². The molecule has 1 spiro atoms. The van der Waals surface area contributed by atoms with Gasteiger partial charge < -0.3 is 19.9 Å². The highest BCUT2D eigenvalue weighted by Gasteiger charge is 2.42. The Bertz CT molecular complexity index is 1150. The van der Waals surface area contributed by atoms with Crippen LogP contribution in [-0.2, 0) is 9.59 Å². The standard InChI is InChI=1S/C28H32ClN3O4/c1-3-36-24-9-5-22(6-10-24)27(35)31-15-12-28(13-16-31)14-17-32(19-28)26(34)11-7-21-4-8-23(29)18-25(21)30-20(2)33/h4-11,18H,3,12-17,19H2,1-2H3,(H,30,33). The van der Waals surface area contributed by atoms with Crippen molar-refractivity contribution in [3.8, 4) is 5.75 Å². The molecule has 2 aromatic rings. The van der Waals surface area contributed by atoms with Crippen LogP contribution in [0.15, 0.2) is 48.5 Å². The number of nitrogens with one attached hydrogen (secondary N) is 1. The van der Waals surface area contributed by atoms with Crippen LogP contribution in [0.4, 0.5) is 5.69 Å². The zero-order valence-electron chi connectivity index (χ0n) is 20.8. The summed E-state index contributed by atoms with van der Waals surface area (Å²) in [6.07, 6.45) is 5.97. The third-order valence-electron chi connectivity index (χ3n) is 7.01. The van der Waals surface area contributed by atoms with E-state index >= 15 is 0 Å². The fourth-order valence-electron chi connectivity index (χ4n) is 5.00. The zero-order chi connectivity index (χ0) is 25.7. The van der Waals surface area contributed by atoms with E-state index in [2.05, 4.69) is 5.32 Å². The summed E-state index contributed by atoms with van der Waals surface area (Å²) < 4.78 is 5.46. The van der Waals surface area contributed by atoms with Crippen LogP contribution in [0.2, 0.25) is 5.02 Å². The number of carbonyl (C=O) groups is 3. The zero-order valence-corrected chi connectivity index (χ0v) is 21.5. The van der Waals surface area contributed by atoms with Crippen molar-refractivity contribution in [2.24, 2.45) is 5.41 Å². The topological polar surface area (TPSA) is 79.0 Å². The van der Waals surface area contributed by atoms with Crippen LogP contribution in [0.3, 0.4) is 0 Å². The largest absolute Gasteiger partial charge is 0.494 e. The fraction of sp³-hybridized carbons (Fsp3) is 0.393.